The van der Waals surface area contributed by atoms with Gasteiger partial charge in [0.25, 0.3) is 0 Å². The standard InChI is InChI=1S/C13H18N2OS/c1-9(13(16)15-14)8-17-12-6-5-10-3-2-4-11(10)7-12/h5-7,9H,2-4,8,14H2,1H3,(H,15,16). The van der Waals surface area contributed by atoms with E-state index in [4.69, 9.17) is 5.84 Å². The van der Waals surface area contributed by atoms with Gasteiger partial charge in [0.05, 0.1) is 0 Å². The Bertz CT molecular complexity index is 420. The largest absolute Gasteiger partial charge is 0.294 e. The van der Waals surface area contributed by atoms with Gasteiger partial charge in [-0.2, -0.15) is 0 Å². The molecule has 0 saturated carbocycles. The van der Waals surface area contributed by atoms with Crippen molar-refractivity contribution in [1.82, 2.24) is 5.43 Å². The number of fused-ring (bicyclic) bond motifs is 1. The highest BCUT2D eigenvalue weighted by molar-refractivity contribution is 7.99. The molecule has 0 radical (unpaired) electrons. The van der Waals surface area contributed by atoms with Gasteiger partial charge in [0.15, 0.2) is 0 Å². The number of rotatable bonds is 4. The Morgan fingerprint density at radius 3 is 3.00 bits per heavy atom. The molecule has 1 aromatic rings. The molecule has 3 nitrogen and oxygen atoms in total. The molecule has 1 aliphatic rings. The molecule has 1 atom stereocenters. The number of amides is 1. The summed E-state index contributed by atoms with van der Waals surface area (Å²) in [4.78, 5) is 12.5. The van der Waals surface area contributed by atoms with E-state index in [1.807, 2.05) is 6.92 Å². The minimum atomic E-state index is -0.0985. The second-order valence-corrected chi connectivity index (χ2v) is 5.60. The third kappa shape index (κ3) is 3.01. The lowest BCUT2D eigenvalue weighted by atomic mass is 10.1. The number of aryl methyl sites for hydroxylation is 2. The molecular weight excluding hydrogens is 232 g/mol. The van der Waals surface area contributed by atoms with E-state index in [0.717, 1.165) is 5.75 Å². The third-order valence-corrected chi connectivity index (χ3v) is 4.41. The summed E-state index contributed by atoms with van der Waals surface area (Å²) in [7, 11) is 0. The summed E-state index contributed by atoms with van der Waals surface area (Å²) in [6, 6.07) is 6.64. The first-order valence-corrected chi connectivity index (χ1v) is 6.94. The SMILES string of the molecule is CC(CSc1ccc2c(c1)CCC2)C(=O)NN. The fraction of sp³-hybridized carbons (Fsp3) is 0.462. The second kappa shape index (κ2) is 5.56. The predicted octanol–water partition coefficient (Wildman–Crippen LogP) is 1.89. The van der Waals surface area contributed by atoms with Crippen LogP contribution in [0.1, 0.15) is 24.5 Å². The molecule has 0 spiro atoms. The van der Waals surface area contributed by atoms with Gasteiger partial charge in [-0.05, 0) is 42.5 Å². The van der Waals surface area contributed by atoms with Crippen molar-refractivity contribution in [1.29, 1.82) is 0 Å². The predicted molar refractivity (Wildman–Crippen MR) is 70.7 cm³/mol. The number of hydrazine groups is 1. The van der Waals surface area contributed by atoms with Crippen LogP contribution in [0.25, 0.3) is 0 Å². The van der Waals surface area contributed by atoms with E-state index in [-0.39, 0.29) is 11.8 Å². The molecule has 3 N–H and O–H groups in total. The first-order chi connectivity index (χ1) is 8.20. The summed E-state index contributed by atoms with van der Waals surface area (Å²) in [5.41, 5.74) is 5.16. The molecule has 0 fully saturated rings. The number of nitrogens with two attached hydrogens (primary N) is 1. The van der Waals surface area contributed by atoms with Gasteiger partial charge in [0, 0.05) is 16.6 Å². The molecular formula is C13H18N2OS. The van der Waals surface area contributed by atoms with Crippen LogP contribution in [0.3, 0.4) is 0 Å². The van der Waals surface area contributed by atoms with Crippen LogP contribution in [0.15, 0.2) is 23.1 Å². The molecule has 2 rings (SSSR count). The summed E-state index contributed by atoms with van der Waals surface area (Å²) in [5, 5.41) is 0. The van der Waals surface area contributed by atoms with Gasteiger partial charge in [-0.25, -0.2) is 5.84 Å². The molecule has 17 heavy (non-hydrogen) atoms. The van der Waals surface area contributed by atoms with Crippen LogP contribution < -0.4 is 11.3 Å². The lowest BCUT2D eigenvalue weighted by Crippen LogP contribution is -2.35. The summed E-state index contributed by atoms with van der Waals surface area (Å²) in [5.74, 6) is 5.72. The number of hydrogen-bond acceptors (Lipinski definition) is 3. The first-order valence-electron chi connectivity index (χ1n) is 5.96. The summed E-state index contributed by atoms with van der Waals surface area (Å²) in [6.45, 7) is 1.89. The topological polar surface area (TPSA) is 55.1 Å². The molecule has 1 aromatic carbocycles. The highest BCUT2D eigenvalue weighted by Gasteiger charge is 2.14. The van der Waals surface area contributed by atoms with E-state index < -0.39 is 0 Å². The molecule has 92 valence electrons. The summed E-state index contributed by atoms with van der Waals surface area (Å²) < 4.78 is 0. The van der Waals surface area contributed by atoms with Crippen LogP contribution in [0.4, 0.5) is 0 Å². The maximum absolute atomic E-state index is 11.3. The van der Waals surface area contributed by atoms with Crippen molar-refractivity contribution in [2.24, 2.45) is 11.8 Å². The number of carbonyl (C=O) groups excluding carboxylic acids is 1. The van der Waals surface area contributed by atoms with Crippen molar-refractivity contribution < 1.29 is 4.79 Å². The molecule has 1 amide bonds. The Labute approximate surface area is 106 Å². The Hall–Kier alpha value is -1.00. The number of carbonyl (C=O) groups is 1. The number of hydrogen-bond donors (Lipinski definition) is 2. The van der Waals surface area contributed by atoms with E-state index >= 15 is 0 Å². The van der Waals surface area contributed by atoms with Crippen LogP contribution in [0, 0.1) is 5.92 Å². The normalized spacial score (nSPS) is 15.4. The Kier molecular flexibility index (Phi) is 4.07. The third-order valence-electron chi connectivity index (χ3n) is 3.16. The Morgan fingerprint density at radius 1 is 1.47 bits per heavy atom. The van der Waals surface area contributed by atoms with E-state index in [9.17, 15) is 4.79 Å². The van der Waals surface area contributed by atoms with Crippen molar-refractivity contribution >= 4 is 17.7 Å². The minimum Gasteiger partial charge on any atom is -0.294 e. The smallest absolute Gasteiger partial charge is 0.237 e. The molecule has 0 aliphatic heterocycles. The van der Waals surface area contributed by atoms with Gasteiger partial charge in [-0.15, -0.1) is 11.8 Å². The van der Waals surface area contributed by atoms with E-state index in [1.165, 1.54) is 35.3 Å². The summed E-state index contributed by atoms with van der Waals surface area (Å²) in [6.07, 6.45) is 3.68. The van der Waals surface area contributed by atoms with Crippen LogP contribution in [0.5, 0.6) is 0 Å². The summed E-state index contributed by atoms with van der Waals surface area (Å²) >= 11 is 1.72. The number of nitrogens with one attached hydrogen (secondary N) is 1. The monoisotopic (exact) mass is 250 g/mol. The quantitative estimate of drug-likeness (QED) is 0.371. The fourth-order valence-electron chi connectivity index (χ4n) is 2.08. The molecule has 0 aromatic heterocycles. The lowest BCUT2D eigenvalue weighted by molar-refractivity contribution is -0.123. The highest BCUT2D eigenvalue weighted by atomic mass is 32.2. The van der Waals surface area contributed by atoms with Gasteiger partial charge in [0.1, 0.15) is 0 Å². The number of thioether (sulfide) groups is 1. The molecule has 0 heterocycles. The van der Waals surface area contributed by atoms with Gasteiger partial charge >= 0.3 is 0 Å². The van der Waals surface area contributed by atoms with Crippen LogP contribution >= 0.6 is 11.8 Å². The first kappa shape index (κ1) is 12.5. The van der Waals surface area contributed by atoms with Gasteiger partial charge in [-0.3, -0.25) is 10.2 Å². The van der Waals surface area contributed by atoms with Gasteiger partial charge in [-0.1, -0.05) is 13.0 Å². The maximum atomic E-state index is 11.3. The average Bonchev–Trinajstić information content (AvgIpc) is 2.82. The van der Waals surface area contributed by atoms with E-state index in [2.05, 4.69) is 23.6 Å². The Balaban J connectivity index is 1.93. The molecule has 4 heteroatoms. The second-order valence-electron chi connectivity index (χ2n) is 4.50. The number of benzene rings is 1. The zero-order valence-corrected chi connectivity index (χ0v) is 10.8. The van der Waals surface area contributed by atoms with Gasteiger partial charge < -0.3 is 0 Å². The van der Waals surface area contributed by atoms with Crippen LogP contribution in [0.2, 0.25) is 0 Å². The van der Waals surface area contributed by atoms with Crippen molar-refractivity contribution in [3.05, 3.63) is 29.3 Å². The average molecular weight is 250 g/mol. The minimum absolute atomic E-state index is 0.0572. The fourth-order valence-corrected chi connectivity index (χ4v) is 3.06. The van der Waals surface area contributed by atoms with Crippen molar-refractivity contribution in [3.63, 3.8) is 0 Å². The van der Waals surface area contributed by atoms with Crippen LogP contribution in [-0.2, 0) is 17.6 Å². The molecule has 0 bridgehead atoms. The zero-order chi connectivity index (χ0) is 12.3. The maximum Gasteiger partial charge on any atom is 0.237 e. The highest BCUT2D eigenvalue weighted by Crippen LogP contribution is 2.28. The Morgan fingerprint density at radius 2 is 2.24 bits per heavy atom. The zero-order valence-electron chi connectivity index (χ0n) is 10.0. The van der Waals surface area contributed by atoms with Crippen LogP contribution in [-0.4, -0.2) is 11.7 Å². The lowest BCUT2D eigenvalue weighted by Gasteiger charge is -2.09. The van der Waals surface area contributed by atoms with Gasteiger partial charge in [0.2, 0.25) is 5.91 Å². The molecule has 0 saturated heterocycles. The molecule has 1 unspecified atom stereocenters. The van der Waals surface area contributed by atoms with Crippen molar-refractivity contribution in [2.75, 3.05) is 5.75 Å². The molecule has 1 aliphatic carbocycles. The van der Waals surface area contributed by atoms with Crippen molar-refractivity contribution in [3.8, 4) is 0 Å². The van der Waals surface area contributed by atoms with E-state index in [1.54, 1.807) is 11.8 Å². The van der Waals surface area contributed by atoms with E-state index in [0.29, 0.717) is 0 Å². The van der Waals surface area contributed by atoms with Crippen molar-refractivity contribution in [2.45, 2.75) is 31.1 Å².